The van der Waals surface area contributed by atoms with E-state index in [1.165, 1.54) is 0 Å². The van der Waals surface area contributed by atoms with Gasteiger partial charge in [0.1, 0.15) is 5.82 Å². The molecule has 0 radical (unpaired) electrons. The molecule has 1 atom stereocenters. The number of halogens is 4. The highest BCUT2D eigenvalue weighted by molar-refractivity contribution is 7.10. The van der Waals surface area contributed by atoms with Crippen molar-refractivity contribution in [2.45, 2.75) is 19.1 Å². The van der Waals surface area contributed by atoms with Gasteiger partial charge in [-0.25, -0.2) is 4.98 Å². The highest BCUT2D eigenvalue weighted by Crippen LogP contribution is 2.33. The smallest absolute Gasteiger partial charge is 0.353 e. The molecular formula is C18H20ClF3N4OS. The minimum absolute atomic E-state index is 0.0224. The maximum Gasteiger partial charge on any atom is 0.417 e. The number of thiophene rings is 1. The SMILES string of the molecule is C[C@@H](NC(=O)CN1CCN(c2ncc(C(F)(F)F)cc2Cl)CC1)c1cccs1. The third kappa shape index (κ3) is 5.15. The zero-order valence-electron chi connectivity index (χ0n) is 15.2. The number of piperazine rings is 1. The molecule has 1 saturated heterocycles. The third-order valence-corrected chi connectivity index (χ3v) is 5.87. The Morgan fingerprint density at radius 3 is 2.64 bits per heavy atom. The molecule has 1 aliphatic rings. The van der Waals surface area contributed by atoms with Gasteiger partial charge in [0, 0.05) is 37.3 Å². The van der Waals surface area contributed by atoms with Gasteiger partial charge in [-0.3, -0.25) is 9.69 Å². The van der Waals surface area contributed by atoms with Crippen LogP contribution >= 0.6 is 22.9 Å². The van der Waals surface area contributed by atoms with Crippen molar-refractivity contribution in [3.05, 3.63) is 45.2 Å². The monoisotopic (exact) mass is 432 g/mol. The van der Waals surface area contributed by atoms with Gasteiger partial charge in [0.15, 0.2) is 0 Å². The fourth-order valence-corrected chi connectivity index (χ4v) is 4.06. The van der Waals surface area contributed by atoms with Crippen LogP contribution in [-0.4, -0.2) is 48.5 Å². The maximum atomic E-state index is 12.7. The van der Waals surface area contributed by atoms with Crippen LogP contribution in [0, 0.1) is 0 Å². The van der Waals surface area contributed by atoms with E-state index >= 15 is 0 Å². The fraction of sp³-hybridized carbons (Fsp3) is 0.444. The standard InChI is InChI=1S/C18H20ClF3N4OS/c1-12(15-3-2-8-28-15)24-16(27)11-25-4-6-26(7-5-25)17-14(19)9-13(10-23-17)18(20,21)22/h2-3,8-10,12H,4-7,11H2,1H3,(H,24,27)/t12-/m1/s1. The minimum Gasteiger partial charge on any atom is -0.353 e. The quantitative estimate of drug-likeness (QED) is 0.780. The first-order valence-corrected chi connectivity index (χ1v) is 10.0. The number of nitrogens with zero attached hydrogens (tertiary/aromatic N) is 3. The van der Waals surface area contributed by atoms with Crippen LogP contribution in [0.4, 0.5) is 19.0 Å². The number of anilines is 1. The molecule has 0 saturated carbocycles. The molecule has 3 heterocycles. The van der Waals surface area contributed by atoms with Gasteiger partial charge in [0.05, 0.1) is 23.2 Å². The summed E-state index contributed by atoms with van der Waals surface area (Å²) in [5.74, 6) is 0.283. The summed E-state index contributed by atoms with van der Waals surface area (Å²) in [6.45, 7) is 4.48. The summed E-state index contributed by atoms with van der Waals surface area (Å²) in [5, 5.41) is 4.93. The number of hydrogen-bond donors (Lipinski definition) is 1. The highest BCUT2D eigenvalue weighted by atomic mass is 35.5. The summed E-state index contributed by atoms with van der Waals surface area (Å²) in [5.41, 5.74) is -0.864. The maximum absolute atomic E-state index is 12.7. The van der Waals surface area contributed by atoms with Crippen LogP contribution in [0.25, 0.3) is 0 Å². The Morgan fingerprint density at radius 1 is 1.36 bits per heavy atom. The van der Waals surface area contributed by atoms with Crippen molar-refractivity contribution >= 4 is 34.7 Å². The Balaban J connectivity index is 1.51. The summed E-state index contributed by atoms with van der Waals surface area (Å²) in [6, 6.07) is 4.79. The number of pyridine rings is 1. The van der Waals surface area contributed by atoms with Crippen LogP contribution in [0.3, 0.4) is 0 Å². The fourth-order valence-electron chi connectivity index (χ4n) is 3.04. The lowest BCUT2D eigenvalue weighted by atomic mass is 10.2. The van der Waals surface area contributed by atoms with E-state index in [2.05, 4.69) is 10.3 Å². The Kier molecular flexibility index (Phi) is 6.47. The van der Waals surface area contributed by atoms with Crippen molar-refractivity contribution in [1.29, 1.82) is 0 Å². The predicted octanol–water partition coefficient (Wildman–Crippen LogP) is 3.81. The van der Waals surface area contributed by atoms with Crippen molar-refractivity contribution < 1.29 is 18.0 Å². The molecule has 1 fully saturated rings. The zero-order valence-corrected chi connectivity index (χ0v) is 16.7. The first kappa shape index (κ1) is 20.9. The Labute approximate surface area is 170 Å². The first-order chi connectivity index (χ1) is 13.2. The van der Waals surface area contributed by atoms with E-state index in [-0.39, 0.29) is 23.5 Å². The molecule has 5 nitrogen and oxygen atoms in total. The van der Waals surface area contributed by atoms with Gasteiger partial charge >= 0.3 is 6.18 Å². The number of nitrogens with one attached hydrogen (secondary N) is 1. The van der Waals surface area contributed by atoms with E-state index in [9.17, 15) is 18.0 Å². The topological polar surface area (TPSA) is 48.5 Å². The van der Waals surface area contributed by atoms with Crippen LogP contribution in [0.5, 0.6) is 0 Å². The van der Waals surface area contributed by atoms with Gasteiger partial charge < -0.3 is 10.2 Å². The highest BCUT2D eigenvalue weighted by Gasteiger charge is 2.32. The summed E-state index contributed by atoms with van der Waals surface area (Å²) in [4.78, 5) is 21.1. The summed E-state index contributed by atoms with van der Waals surface area (Å²) in [6.07, 6.45) is -3.67. The summed E-state index contributed by atoms with van der Waals surface area (Å²) in [7, 11) is 0. The Bertz CT molecular complexity index is 808. The normalized spacial score (nSPS) is 16.8. The second kappa shape index (κ2) is 8.67. The third-order valence-electron chi connectivity index (χ3n) is 4.54. The van der Waals surface area contributed by atoms with Crippen molar-refractivity contribution in [3.63, 3.8) is 0 Å². The average Bonchev–Trinajstić information content (AvgIpc) is 3.16. The number of hydrogen-bond acceptors (Lipinski definition) is 5. The minimum atomic E-state index is -4.47. The molecule has 2 aromatic rings. The molecule has 2 aromatic heterocycles. The van der Waals surface area contributed by atoms with Gasteiger partial charge in [0.25, 0.3) is 0 Å². The van der Waals surface area contributed by atoms with Crippen LogP contribution in [0.2, 0.25) is 5.02 Å². The van der Waals surface area contributed by atoms with E-state index < -0.39 is 11.7 Å². The summed E-state index contributed by atoms with van der Waals surface area (Å²) >= 11 is 7.61. The van der Waals surface area contributed by atoms with Gasteiger partial charge in [-0.15, -0.1) is 11.3 Å². The van der Waals surface area contributed by atoms with Crippen molar-refractivity contribution in [1.82, 2.24) is 15.2 Å². The number of amides is 1. The van der Waals surface area contributed by atoms with Gasteiger partial charge in [-0.05, 0) is 24.4 Å². The Morgan fingerprint density at radius 2 is 2.07 bits per heavy atom. The van der Waals surface area contributed by atoms with E-state index in [0.29, 0.717) is 32.0 Å². The van der Waals surface area contributed by atoms with E-state index in [1.54, 1.807) is 11.3 Å². The van der Waals surface area contributed by atoms with E-state index in [0.717, 1.165) is 17.1 Å². The summed E-state index contributed by atoms with van der Waals surface area (Å²) < 4.78 is 38.2. The lowest BCUT2D eigenvalue weighted by Crippen LogP contribution is -2.50. The van der Waals surface area contributed by atoms with Crippen LogP contribution in [0.1, 0.15) is 23.4 Å². The van der Waals surface area contributed by atoms with E-state index in [1.807, 2.05) is 34.2 Å². The van der Waals surface area contributed by atoms with E-state index in [4.69, 9.17) is 11.6 Å². The molecule has 1 N–H and O–H groups in total. The second-order valence-electron chi connectivity index (χ2n) is 6.59. The molecule has 0 aromatic carbocycles. The lowest BCUT2D eigenvalue weighted by Gasteiger charge is -2.35. The largest absolute Gasteiger partial charge is 0.417 e. The molecule has 1 aliphatic heterocycles. The zero-order chi connectivity index (χ0) is 20.3. The van der Waals surface area contributed by atoms with Crippen LogP contribution < -0.4 is 10.2 Å². The number of rotatable bonds is 5. The number of carbonyl (C=O) groups is 1. The van der Waals surface area contributed by atoms with Crippen molar-refractivity contribution in [3.8, 4) is 0 Å². The molecule has 0 aliphatic carbocycles. The van der Waals surface area contributed by atoms with Gasteiger partial charge in [-0.2, -0.15) is 13.2 Å². The number of carbonyl (C=O) groups excluding carboxylic acids is 1. The number of alkyl halides is 3. The molecule has 3 rings (SSSR count). The molecule has 10 heteroatoms. The molecule has 0 bridgehead atoms. The van der Waals surface area contributed by atoms with Gasteiger partial charge in [-0.1, -0.05) is 17.7 Å². The lowest BCUT2D eigenvalue weighted by molar-refractivity contribution is -0.137. The van der Waals surface area contributed by atoms with Crippen molar-refractivity contribution in [2.24, 2.45) is 0 Å². The molecule has 152 valence electrons. The first-order valence-electron chi connectivity index (χ1n) is 8.77. The number of aromatic nitrogens is 1. The van der Waals surface area contributed by atoms with Crippen LogP contribution in [0.15, 0.2) is 29.8 Å². The molecule has 1 amide bonds. The molecule has 0 spiro atoms. The average molecular weight is 433 g/mol. The molecule has 0 unspecified atom stereocenters. The Hall–Kier alpha value is -1.84. The van der Waals surface area contributed by atoms with Gasteiger partial charge in [0.2, 0.25) is 5.91 Å². The van der Waals surface area contributed by atoms with Crippen LogP contribution in [-0.2, 0) is 11.0 Å². The molecule has 28 heavy (non-hydrogen) atoms. The second-order valence-corrected chi connectivity index (χ2v) is 7.98. The molecular weight excluding hydrogens is 413 g/mol. The van der Waals surface area contributed by atoms with Crippen molar-refractivity contribution in [2.75, 3.05) is 37.6 Å². The predicted molar refractivity (Wildman–Crippen MR) is 104 cm³/mol.